The van der Waals surface area contributed by atoms with Crippen LogP contribution in [-0.4, -0.2) is 31.3 Å². The minimum absolute atomic E-state index is 0.501. The summed E-state index contributed by atoms with van der Waals surface area (Å²) in [7, 11) is 3.03. The third-order valence-electron chi connectivity index (χ3n) is 2.38. The zero-order valence-electron chi connectivity index (χ0n) is 9.58. The van der Waals surface area contributed by atoms with Gasteiger partial charge in [-0.3, -0.25) is 4.79 Å². The number of ether oxygens (including phenoxy) is 2. The summed E-state index contributed by atoms with van der Waals surface area (Å²) in [6, 6.07) is 3.96. The van der Waals surface area contributed by atoms with Gasteiger partial charge in [0, 0.05) is 11.6 Å². The SMILES string of the molecule is COc1ccc(C(S)C(N)C(=O)O)c(OC)c1. The highest BCUT2D eigenvalue weighted by molar-refractivity contribution is 7.80. The lowest BCUT2D eigenvalue weighted by Gasteiger charge is -2.18. The van der Waals surface area contributed by atoms with E-state index >= 15 is 0 Å². The summed E-state index contributed by atoms with van der Waals surface area (Å²) < 4.78 is 10.2. The van der Waals surface area contributed by atoms with Gasteiger partial charge >= 0.3 is 5.97 Å². The predicted molar refractivity (Wildman–Crippen MR) is 66.9 cm³/mol. The van der Waals surface area contributed by atoms with Crippen molar-refractivity contribution in [3.8, 4) is 11.5 Å². The van der Waals surface area contributed by atoms with Crippen molar-refractivity contribution in [3.63, 3.8) is 0 Å². The Morgan fingerprint density at radius 3 is 2.53 bits per heavy atom. The van der Waals surface area contributed by atoms with Gasteiger partial charge in [0.05, 0.1) is 19.5 Å². The molecule has 1 aromatic rings. The monoisotopic (exact) mass is 257 g/mol. The number of carboxylic acid groups (broad SMARTS) is 1. The Hall–Kier alpha value is -1.40. The van der Waals surface area contributed by atoms with Gasteiger partial charge in [0.2, 0.25) is 0 Å². The van der Waals surface area contributed by atoms with Crippen molar-refractivity contribution in [1.82, 2.24) is 0 Å². The van der Waals surface area contributed by atoms with E-state index in [1.54, 1.807) is 18.2 Å². The van der Waals surface area contributed by atoms with Crippen molar-refractivity contribution in [1.29, 1.82) is 0 Å². The van der Waals surface area contributed by atoms with E-state index in [1.807, 2.05) is 0 Å². The first-order valence-electron chi connectivity index (χ1n) is 4.89. The number of nitrogens with two attached hydrogens (primary N) is 1. The Bertz CT molecular complexity index is 410. The molecular weight excluding hydrogens is 242 g/mol. The Balaban J connectivity index is 3.08. The topological polar surface area (TPSA) is 81.8 Å². The number of rotatable bonds is 5. The van der Waals surface area contributed by atoms with Crippen molar-refractivity contribution in [2.45, 2.75) is 11.3 Å². The van der Waals surface area contributed by atoms with Gasteiger partial charge in [-0.05, 0) is 6.07 Å². The molecule has 94 valence electrons. The second-order valence-corrected chi connectivity index (χ2v) is 3.97. The molecule has 0 aliphatic rings. The minimum atomic E-state index is -1.11. The van der Waals surface area contributed by atoms with E-state index < -0.39 is 17.3 Å². The third kappa shape index (κ3) is 3.04. The first-order valence-corrected chi connectivity index (χ1v) is 5.41. The number of hydrogen-bond donors (Lipinski definition) is 3. The van der Waals surface area contributed by atoms with Crippen molar-refractivity contribution in [2.24, 2.45) is 5.73 Å². The second kappa shape index (κ2) is 5.79. The Labute approximate surface area is 105 Å². The molecule has 0 aliphatic heterocycles. The lowest BCUT2D eigenvalue weighted by atomic mass is 10.0. The molecule has 0 spiro atoms. The van der Waals surface area contributed by atoms with Crippen LogP contribution in [-0.2, 0) is 4.79 Å². The smallest absolute Gasteiger partial charge is 0.321 e. The predicted octanol–water partition coefficient (Wildman–Crippen LogP) is 1.09. The summed E-state index contributed by atoms with van der Waals surface area (Å²) in [6.45, 7) is 0. The van der Waals surface area contributed by atoms with Crippen LogP contribution in [0.2, 0.25) is 0 Å². The third-order valence-corrected chi connectivity index (χ3v) is 2.98. The minimum Gasteiger partial charge on any atom is -0.497 e. The first kappa shape index (κ1) is 13.7. The normalized spacial score (nSPS) is 13.9. The molecule has 0 aromatic heterocycles. The zero-order valence-corrected chi connectivity index (χ0v) is 10.5. The number of methoxy groups -OCH3 is 2. The summed E-state index contributed by atoms with van der Waals surface area (Å²) >= 11 is 4.21. The van der Waals surface area contributed by atoms with Crippen LogP contribution >= 0.6 is 12.6 Å². The van der Waals surface area contributed by atoms with Gasteiger partial charge in [0.25, 0.3) is 0 Å². The van der Waals surface area contributed by atoms with Crippen LogP contribution in [0.25, 0.3) is 0 Å². The van der Waals surface area contributed by atoms with Gasteiger partial charge in [0.1, 0.15) is 17.5 Å². The number of carbonyl (C=O) groups is 1. The highest BCUT2D eigenvalue weighted by Gasteiger charge is 2.25. The fourth-order valence-electron chi connectivity index (χ4n) is 1.39. The molecule has 0 radical (unpaired) electrons. The fourth-order valence-corrected chi connectivity index (χ4v) is 1.73. The number of benzene rings is 1. The molecule has 0 aliphatic carbocycles. The summed E-state index contributed by atoms with van der Waals surface area (Å²) in [6.07, 6.45) is 0. The molecular formula is C11H15NO4S. The maximum Gasteiger partial charge on any atom is 0.321 e. The number of hydrogen-bond acceptors (Lipinski definition) is 5. The molecule has 0 amide bonds. The molecule has 3 N–H and O–H groups in total. The molecule has 5 nitrogen and oxygen atoms in total. The molecule has 0 heterocycles. The van der Waals surface area contributed by atoms with E-state index in [0.29, 0.717) is 17.1 Å². The van der Waals surface area contributed by atoms with E-state index in [9.17, 15) is 4.79 Å². The highest BCUT2D eigenvalue weighted by Crippen LogP contribution is 2.34. The summed E-state index contributed by atoms with van der Waals surface area (Å²) in [5, 5.41) is 8.19. The lowest BCUT2D eigenvalue weighted by Crippen LogP contribution is -2.34. The van der Waals surface area contributed by atoms with Crippen molar-refractivity contribution < 1.29 is 19.4 Å². The molecule has 1 aromatic carbocycles. The van der Waals surface area contributed by atoms with E-state index in [4.69, 9.17) is 20.3 Å². The molecule has 0 fully saturated rings. The molecule has 17 heavy (non-hydrogen) atoms. The maximum absolute atomic E-state index is 10.8. The second-order valence-electron chi connectivity index (χ2n) is 3.42. The summed E-state index contributed by atoms with van der Waals surface area (Å²) in [5.41, 5.74) is 6.14. The van der Waals surface area contributed by atoms with E-state index in [-0.39, 0.29) is 0 Å². The van der Waals surface area contributed by atoms with Gasteiger partial charge < -0.3 is 20.3 Å². The molecule has 2 unspecified atom stereocenters. The van der Waals surface area contributed by atoms with E-state index in [1.165, 1.54) is 14.2 Å². The molecule has 0 saturated carbocycles. The fraction of sp³-hybridized carbons (Fsp3) is 0.364. The average molecular weight is 257 g/mol. The Morgan fingerprint density at radius 1 is 1.41 bits per heavy atom. The Morgan fingerprint density at radius 2 is 2.06 bits per heavy atom. The van der Waals surface area contributed by atoms with Crippen LogP contribution in [0.5, 0.6) is 11.5 Å². The number of carboxylic acids is 1. The summed E-state index contributed by atoms with van der Waals surface area (Å²) in [5.74, 6) is 0.0129. The molecule has 6 heteroatoms. The molecule has 0 bridgehead atoms. The Kier molecular flexibility index (Phi) is 4.65. The highest BCUT2D eigenvalue weighted by atomic mass is 32.1. The number of thiol groups is 1. The molecule has 2 atom stereocenters. The van der Waals surface area contributed by atoms with Crippen LogP contribution in [0.4, 0.5) is 0 Å². The van der Waals surface area contributed by atoms with Gasteiger partial charge in [-0.1, -0.05) is 6.07 Å². The van der Waals surface area contributed by atoms with Gasteiger partial charge in [-0.25, -0.2) is 0 Å². The summed E-state index contributed by atoms with van der Waals surface area (Å²) in [4.78, 5) is 10.8. The van der Waals surface area contributed by atoms with Crippen molar-refractivity contribution in [2.75, 3.05) is 14.2 Å². The van der Waals surface area contributed by atoms with E-state index in [2.05, 4.69) is 12.6 Å². The van der Waals surface area contributed by atoms with Crippen LogP contribution in [0.3, 0.4) is 0 Å². The van der Waals surface area contributed by atoms with Gasteiger partial charge in [-0.15, -0.1) is 0 Å². The van der Waals surface area contributed by atoms with Gasteiger partial charge in [0.15, 0.2) is 0 Å². The van der Waals surface area contributed by atoms with Crippen LogP contribution in [0, 0.1) is 0 Å². The largest absolute Gasteiger partial charge is 0.497 e. The maximum atomic E-state index is 10.8. The van der Waals surface area contributed by atoms with Crippen LogP contribution in [0.1, 0.15) is 10.8 Å². The van der Waals surface area contributed by atoms with Gasteiger partial charge in [-0.2, -0.15) is 12.6 Å². The zero-order chi connectivity index (χ0) is 13.0. The van der Waals surface area contributed by atoms with E-state index in [0.717, 1.165) is 0 Å². The lowest BCUT2D eigenvalue weighted by molar-refractivity contribution is -0.138. The van der Waals surface area contributed by atoms with Crippen LogP contribution in [0.15, 0.2) is 18.2 Å². The average Bonchev–Trinajstić information content (AvgIpc) is 2.35. The first-order chi connectivity index (χ1) is 8.01. The standard InChI is InChI=1S/C11H15NO4S/c1-15-6-3-4-7(8(5-6)16-2)10(17)9(12)11(13)14/h3-5,9-10,17H,12H2,1-2H3,(H,13,14). The quantitative estimate of drug-likeness (QED) is 0.688. The molecule has 0 saturated heterocycles. The van der Waals surface area contributed by atoms with Crippen molar-refractivity contribution in [3.05, 3.63) is 23.8 Å². The number of aliphatic carboxylic acids is 1. The molecule has 1 rings (SSSR count). The van der Waals surface area contributed by atoms with Crippen molar-refractivity contribution >= 4 is 18.6 Å². The van der Waals surface area contributed by atoms with Crippen LogP contribution < -0.4 is 15.2 Å².